The van der Waals surface area contributed by atoms with Crippen LogP contribution in [0.15, 0.2) is 0 Å². The normalized spacial score (nSPS) is 11.6. The number of nitrogens with zero attached hydrogens (tertiary/aromatic N) is 1. The van der Waals surface area contributed by atoms with Crippen LogP contribution in [-0.4, -0.2) is 41.0 Å². The standard InChI is InChI=1S/C11H19N3O4/c1-4-10(17)13-9(5-7(2)15)11(18)14(12)6-8(3)16/h9H,4-6,12H2,1-3H3,(H,13,17)/t9-/m1/s1. The first-order valence-corrected chi connectivity index (χ1v) is 5.62. The Hall–Kier alpha value is -1.76. The summed E-state index contributed by atoms with van der Waals surface area (Å²) >= 11 is 0. The molecule has 0 saturated carbocycles. The average Bonchev–Trinajstić information content (AvgIpc) is 2.25. The van der Waals surface area contributed by atoms with Crippen LogP contribution >= 0.6 is 0 Å². The first-order chi connectivity index (χ1) is 8.27. The highest BCUT2D eigenvalue weighted by atomic mass is 16.2. The molecule has 0 aromatic carbocycles. The molecule has 0 spiro atoms. The monoisotopic (exact) mass is 257 g/mol. The highest BCUT2D eigenvalue weighted by Gasteiger charge is 2.25. The molecular weight excluding hydrogens is 238 g/mol. The fourth-order valence-electron chi connectivity index (χ4n) is 1.30. The molecule has 0 radical (unpaired) electrons. The van der Waals surface area contributed by atoms with Gasteiger partial charge in [-0.05, 0) is 13.8 Å². The quantitative estimate of drug-likeness (QED) is 0.351. The number of nitrogens with two attached hydrogens (primary N) is 1. The summed E-state index contributed by atoms with van der Waals surface area (Å²) in [7, 11) is 0. The van der Waals surface area contributed by atoms with Crippen LogP contribution in [0.2, 0.25) is 0 Å². The van der Waals surface area contributed by atoms with Gasteiger partial charge < -0.3 is 5.32 Å². The van der Waals surface area contributed by atoms with Crippen LogP contribution in [0.5, 0.6) is 0 Å². The molecule has 0 aliphatic rings. The molecule has 0 bridgehead atoms. The summed E-state index contributed by atoms with van der Waals surface area (Å²) in [6.07, 6.45) is 0.0507. The Morgan fingerprint density at radius 3 is 2.11 bits per heavy atom. The molecule has 3 N–H and O–H groups in total. The second-order valence-corrected chi connectivity index (χ2v) is 4.05. The second kappa shape index (κ2) is 7.54. The van der Waals surface area contributed by atoms with Crippen molar-refractivity contribution < 1.29 is 19.2 Å². The van der Waals surface area contributed by atoms with Gasteiger partial charge in [-0.1, -0.05) is 6.92 Å². The van der Waals surface area contributed by atoms with Gasteiger partial charge in [-0.3, -0.25) is 24.2 Å². The molecule has 0 unspecified atom stereocenters. The van der Waals surface area contributed by atoms with E-state index in [4.69, 9.17) is 5.84 Å². The number of carbonyl (C=O) groups is 4. The molecule has 7 nitrogen and oxygen atoms in total. The van der Waals surface area contributed by atoms with Crippen LogP contribution < -0.4 is 11.2 Å². The van der Waals surface area contributed by atoms with Crippen LogP contribution in [0.1, 0.15) is 33.6 Å². The summed E-state index contributed by atoms with van der Waals surface area (Å²) in [5.41, 5.74) is 0. The predicted molar refractivity (Wildman–Crippen MR) is 64.1 cm³/mol. The van der Waals surface area contributed by atoms with Crippen molar-refractivity contribution in [3.8, 4) is 0 Å². The molecule has 0 aliphatic carbocycles. The number of hydrogen-bond acceptors (Lipinski definition) is 5. The molecule has 7 heteroatoms. The average molecular weight is 257 g/mol. The van der Waals surface area contributed by atoms with Gasteiger partial charge in [-0.2, -0.15) is 0 Å². The van der Waals surface area contributed by atoms with Gasteiger partial charge in [0.25, 0.3) is 5.91 Å². The van der Waals surface area contributed by atoms with Crippen LogP contribution in [0.4, 0.5) is 0 Å². The highest BCUT2D eigenvalue weighted by Crippen LogP contribution is 1.99. The number of hydrogen-bond donors (Lipinski definition) is 2. The molecule has 0 aliphatic heterocycles. The smallest absolute Gasteiger partial charge is 0.259 e. The molecule has 0 rings (SSSR count). The second-order valence-electron chi connectivity index (χ2n) is 4.05. The van der Waals surface area contributed by atoms with Crippen LogP contribution in [0.3, 0.4) is 0 Å². The van der Waals surface area contributed by atoms with Gasteiger partial charge in [0.2, 0.25) is 5.91 Å². The first-order valence-electron chi connectivity index (χ1n) is 5.62. The van der Waals surface area contributed by atoms with E-state index in [1.54, 1.807) is 6.92 Å². The Morgan fingerprint density at radius 2 is 1.72 bits per heavy atom. The third-order valence-electron chi connectivity index (χ3n) is 2.12. The number of carbonyl (C=O) groups excluding carboxylic acids is 4. The topological polar surface area (TPSA) is 110 Å². The summed E-state index contributed by atoms with van der Waals surface area (Å²) in [6.45, 7) is 3.97. The van der Waals surface area contributed by atoms with Gasteiger partial charge in [-0.15, -0.1) is 0 Å². The van der Waals surface area contributed by atoms with Gasteiger partial charge in [0.05, 0.1) is 6.54 Å². The Labute approximate surface area is 106 Å². The minimum absolute atomic E-state index is 0.143. The Bertz CT molecular complexity index is 354. The predicted octanol–water partition coefficient (Wildman–Crippen LogP) is -0.848. The van der Waals surface area contributed by atoms with Crippen molar-refractivity contribution in [2.24, 2.45) is 5.84 Å². The largest absolute Gasteiger partial charge is 0.344 e. The maximum absolute atomic E-state index is 11.8. The van der Waals surface area contributed by atoms with Gasteiger partial charge in [0, 0.05) is 12.8 Å². The van der Waals surface area contributed by atoms with E-state index >= 15 is 0 Å². The van der Waals surface area contributed by atoms with E-state index in [0.717, 1.165) is 0 Å². The summed E-state index contributed by atoms with van der Waals surface area (Å²) in [4.78, 5) is 45.0. The van der Waals surface area contributed by atoms with Gasteiger partial charge in [0.1, 0.15) is 11.8 Å². The summed E-state index contributed by atoms with van der Waals surface area (Å²) in [6, 6.07) is -1.01. The van der Waals surface area contributed by atoms with E-state index in [2.05, 4.69) is 5.32 Å². The van der Waals surface area contributed by atoms with Crippen molar-refractivity contribution >= 4 is 23.4 Å². The summed E-state index contributed by atoms with van der Waals surface area (Å²) in [5, 5.41) is 3.12. The van der Waals surface area contributed by atoms with Crippen LogP contribution in [0.25, 0.3) is 0 Å². The molecule has 0 heterocycles. The fraction of sp³-hybridized carbons (Fsp3) is 0.636. The third kappa shape index (κ3) is 6.09. The van der Waals surface area contributed by atoms with Gasteiger partial charge in [-0.25, -0.2) is 5.84 Å². The number of ketones is 2. The lowest BCUT2D eigenvalue weighted by Gasteiger charge is -2.22. The molecule has 0 fully saturated rings. The maximum atomic E-state index is 11.8. The number of amides is 2. The molecule has 0 aromatic rings. The summed E-state index contributed by atoms with van der Waals surface area (Å²) in [5.74, 6) is 3.87. The molecule has 1 atom stereocenters. The van der Waals surface area contributed by atoms with Crippen molar-refractivity contribution in [2.45, 2.75) is 39.7 Å². The zero-order valence-corrected chi connectivity index (χ0v) is 10.9. The minimum Gasteiger partial charge on any atom is -0.344 e. The molecule has 2 amide bonds. The molecule has 102 valence electrons. The number of rotatable bonds is 7. The minimum atomic E-state index is -1.01. The number of nitrogens with one attached hydrogen (secondary N) is 1. The Kier molecular flexibility index (Phi) is 6.81. The molecule has 0 saturated heterocycles. The Balaban J connectivity index is 4.72. The summed E-state index contributed by atoms with van der Waals surface area (Å²) < 4.78 is 0. The van der Waals surface area contributed by atoms with Crippen molar-refractivity contribution in [1.82, 2.24) is 10.3 Å². The highest BCUT2D eigenvalue weighted by molar-refractivity contribution is 5.93. The van der Waals surface area contributed by atoms with Crippen molar-refractivity contribution in [1.29, 1.82) is 0 Å². The van der Waals surface area contributed by atoms with E-state index in [-0.39, 0.29) is 36.9 Å². The Morgan fingerprint density at radius 1 is 1.17 bits per heavy atom. The lowest BCUT2D eigenvalue weighted by atomic mass is 10.1. The van der Waals surface area contributed by atoms with Crippen molar-refractivity contribution in [3.63, 3.8) is 0 Å². The zero-order chi connectivity index (χ0) is 14.3. The van der Waals surface area contributed by atoms with Crippen LogP contribution in [-0.2, 0) is 19.2 Å². The number of Topliss-reactive ketones (excluding diaryl/α,β-unsaturated/α-hetero) is 2. The van der Waals surface area contributed by atoms with Crippen LogP contribution in [0, 0.1) is 0 Å². The van der Waals surface area contributed by atoms with Gasteiger partial charge in [0.15, 0.2) is 5.78 Å². The zero-order valence-electron chi connectivity index (χ0n) is 10.9. The van der Waals surface area contributed by atoms with E-state index in [9.17, 15) is 19.2 Å². The maximum Gasteiger partial charge on any atom is 0.259 e. The molecular formula is C11H19N3O4. The molecule has 0 aromatic heterocycles. The third-order valence-corrected chi connectivity index (χ3v) is 2.12. The fourth-order valence-corrected chi connectivity index (χ4v) is 1.30. The first kappa shape index (κ1) is 16.2. The van der Waals surface area contributed by atoms with Crippen molar-refractivity contribution in [3.05, 3.63) is 0 Å². The van der Waals surface area contributed by atoms with Crippen molar-refractivity contribution in [2.75, 3.05) is 6.54 Å². The molecule has 18 heavy (non-hydrogen) atoms. The van der Waals surface area contributed by atoms with Gasteiger partial charge >= 0.3 is 0 Å². The van der Waals surface area contributed by atoms with E-state index < -0.39 is 11.9 Å². The van der Waals surface area contributed by atoms with E-state index in [1.807, 2.05) is 0 Å². The lowest BCUT2D eigenvalue weighted by Crippen LogP contribution is -2.53. The SMILES string of the molecule is CCC(=O)N[C@H](CC(C)=O)C(=O)N(N)CC(C)=O. The number of hydrazine groups is 1. The van der Waals surface area contributed by atoms with E-state index in [1.165, 1.54) is 13.8 Å². The van der Waals surface area contributed by atoms with E-state index in [0.29, 0.717) is 5.01 Å². The lowest BCUT2D eigenvalue weighted by molar-refractivity contribution is -0.140.